The van der Waals surface area contributed by atoms with Gasteiger partial charge in [0.2, 0.25) is 5.91 Å². The summed E-state index contributed by atoms with van der Waals surface area (Å²) in [5, 5.41) is 0. The van der Waals surface area contributed by atoms with E-state index in [9.17, 15) is 4.79 Å². The van der Waals surface area contributed by atoms with Gasteiger partial charge >= 0.3 is 0 Å². The highest BCUT2D eigenvalue weighted by molar-refractivity contribution is 5.77. The number of rotatable bonds is 4. The van der Waals surface area contributed by atoms with Gasteiger partial charge in [0.1, 0.15) is 5.76 Å². The van der Waals surface area contributed by atoms with Crippen molar-refractivity contribution in [3.05, 3.63) is 24.2 Å². The summed E-state index contributed by atoms with van der Waals surface area (Å²) in [4.78, 5) is 14.3. The van der Waals surface area contributed by atoms with Gasteiger partial charge < -0.3 is 15.1 Å². The van der Waals surface area contributed by atoms with Gasteiger partial charge in [-0.1, -0.05) is 0 Å². The van der Waals surface area contributed by atoms with E-state index in [2.05, 4.69) is 6.92 Å². The van der Waals surface area contributed by atoms with Crippen LogP contribution in [0.5, 0.6) is 0 Å². The summed E-state index contributed by atoms with van der Waals surface area (Å²) in [6.07, 6.45) is 6.12. The quantitative estimate of drug-likeness (QED) is 0.888. The van der Waals surface area contributed by atoms with Gasteiger partial charge in [0.15, 0.2) is 0 Å². The summed E-state index contributed by atoms with van der Waals surface area (Å²) >= 11 is 0. The summed E-state index contributed by atoms with van der Waals surface area (Å²) in [5.74, 6) is 1.08. The third-order valence-electron chi connectivity index (χ3n) is 3.75. The Morgan fingerprint density at radius 3 is 3.06 bits per heavy atom. The molecule has 2 atom stereocenters. The van der Waals surface area contributed by atoms with Crippen LogP contribution < -0.4 is 5.73 Å². The molecule has 1 amide bonds. The van der Waals surface area contributed by atoms with Gasteiger partial charge in [0.25, 0.3) is 0 Å². The number of piperidine rings is 1. The second kappa shape index (κ2) is 6.05. The molecule has 0 bridgehead atoms. The van der Waals surface area contributed by atoms with Crippen LogP contribution in [-0.4, -0.2) is 29.4 Å². The number of likely N-dealkylation sites (tertiary alicyclic amines) is 1. The highest BCUT2D eigenvalue weighted by Gasteiger charge is 2.30. The zero-order valence-electron chi connectivity index (χ0n) is 11.0. The third kappa shape index (κ3) is 2.93. The average Bonchev–Trinajstić information content (AvgIpc) is 2.88. The van der Waals surface area contributed by atoms with Crippen LogP contribution in [0.1, 0.15) is 38.4 Å². The third-order valence-corrected chi connectivity index (χ3v) is 3.75. The molecule has 1 aliphatic rings. The lowest BCUT2D eigenvalue weighted by molar-refractivity contribution is -0.137. The lowest BCUT2D eigenvalue weighted by Crippen LogP contribution is -2.51. The first kappa shape index (κ1) is 13.1. The molecule has 0 aliphatic carbocycles. The Morgan fingerprint density at radius 1 is 1.56 bits per heavy atom. The molecule has 1 fully saturated rings. The highest BCUT2D eigenvalue weighted by Crippen LogP contribution is 2.23. The molecule has 2 heterocycles. The highest BCUT2D eigenvalue weighted by atomic mass is 16.3. The largest absolute Gasteiger partial charge is 0.469 e. The van der Waals surface area contributed by atoms with E-state index in [1.807, 2.05) is 17.0 Å². The van der Waals surface area contributed by atoms with Gasteiger partial charge in [-0.15, -0.1) is 0 Å². The van der Waals surface area contributed by atoms with Crippen molar-refractivity contribution in [2.75, 3.05) is 6.54 Å². The van der Waals surface area contributed by atoms with Gasteiger partial charge in [-0.3, -0.25) is 4.79 Å². The summed E-state index contributed by atoms with van der Waals surface area (Å²) in [7, 11) is 0. The predicted molar refractivity (Wildman–Crippen MR) is 70.0 cm³/mol. The Balaban J connectivity index is 1.93. The van der Waals surface area contributed by atoms with Crippen molar-refractivity contribution in [3.8, 4) is 0 Å². The summed E-state index contributed by atoms with van der Waals surface area (Å²) in [5.41, 5.74) is 5.77. The van der Waals surface area contributed by atoms with Gasteiger partial charge in [-0.05, 0) is 38.3 Å². The molecule has 1 saturated heterocycles. The lowest BCUT2D eigenvalue weighted by atomic mass is 9.95. The number of nitrogens with two attached hydrogens (primary N) is 1. The first-order valence-electron chi connectivity index (χ1n) is 6.76. The predicted octanol–water partition coefficient (Wildman–Crippen LogP) is 1.94. The number of furan rings is 1. The zero-order chi connectivity index (χ0) is 13.0. The molecule has 4 nitrogen and oxygen atoms in total. The SMILES string of the molecule is CC1CCCC(CN)N1C(=O)CCc1ccco1. The van der Waals surface area contributed by atoms with Crippen LogP contribution in [0.4, 0.5) is 0 Å². The van der Waals surface area contributed by atoms with E-state index in [-0.39, 0.29) is 11.9 Å². The summed E-state index contributed by atoms with van der Waals surface area (Å²) in [6.45, 7) is 2.68. The Kier molecular flexibility index (Phi) is 4.42. The van der Waals surface area contributed by atoms with E-state index in [4.69, 9.17) is 10.2 Å². The van der Waals surface area contributed by atoms with Crippen molar-refractivity contribution in [3.63, 3.8) is 0 Å². The summed E-state index contributed by atoms with van der Waals surface area (Å²) in [6, 6.07) is 4.30. The van der Waals surface area contributed by atoms with Gasteiger partial charge in [-0.25, -0.2) is 0 Å². The van der Waals surface area contributed by atoms with Crippen LogP contribution >= 0.6 is 0 Å². The maximum atomic E-state index is 12.3. The van der Waals surface area contributed by atoms with Crippen molar-refractivity contribution in [2.45, 2.75) is 51.1 Å². The van der Waals surface area contributed by atoms with E-state index in [1.54, 1.807) is 6.26 Å². The minimum atomic E-state index is 0.203. The van der Waals surface area contributed by atoms with E-state index in [0.29, 0.717) is 25.4 Å². The Morgan fingerprint density at radius 2 is 2.39 bits per heavy atom. The van der Waals surface area contributed by atoms with E-state index >= 15 is 0 Å². The standard InChI is InChI=1S/C14H22N2O2/c1-11-4-2-5-12(10-15)16(11)14(17)8-7-13-6-3-9-18-13/h3,6,9,11-12H,2,4-5,7-8,10,15H2,1H3. The van der Waals surface area contributed by atoms with Gasteiger partial charge in [0.05, 0.1) is 6.26 Å². The molecule has 4 heteroatoms. The fourth-order valence-corrected chi connectivity index (χ4v) is 2.78. The maximum Gasteiger partial charge on any atom is 0.223 e. The molecule has 0 aromatic carbocycles. The van der Waals surface area contributed by atoms with E-state index < -0.39 is 0 Å². The van der Waals surface area contributed by atoms with Crippen LogP contribution in [0.3, 0.4) is 0 Å². The fraction of sp³-hybridized carbons (Fsp3) is 0.643. The van der Waals surface area contributed by atoms with Crippen LogP contribution in [0.2, 0.25) is 0 Å². The topological polar surface area (TPSA) is 59.5 Å². The molecule has 0 spiro atoms. The number of hydrogen-bond donors (Lipinski definition) is 1. The van der Waals surface area contributed by atoms with Crippen LogP contribution in [-0.2, 0) is 11.2 Å². The van der Waals surface area contributed by atoms with Gasteiger partial charge in [-0.2, -0.15) is 0 Å². The average molecular weight is 250 g/mol. The molecular formula is C14H22N2O2. The van der Waals surface area contributed by atoms with Crippen molar-refractivity contribution in [1.82, 2.24) is 4.90 Å². The normalized spacial score (nSPS) is 24.2. The smallest absolute Gasteiger partial charge is 0.223 e. The number of carbonyl (C=O) groups excluding carboxylic acids is 1. The Bertz CT molecular complexity index is 375. The second-order valence-corrected chi connectivity index (χ2v) is 5.05. The van der Waals surface area contributed by atoms with Crippen LogP contribution in [0.25, 0.3) is 0 Å². The Labute approximate surface area is 108 Å². The Hall–Kier alpha value is -1.29. The molecule has 2 N–H and O–H groups in total. The van der Waals surface area contributed by atoms with Crippen LogP contribution in [0, 0.1) is 0 Å². The monoisotopic (exact) mass is 250 g/mol. The first-order valence-corrected chi connectivity index (χ1v) is 6.76. The van der Waals surface area contributed by atoms with Crippen molar-refractivity contribution in [1.29, 1.82) is 0 Å². The van der Waals surface area contributed by atoms with Crippen molar-refractivity contribution in [2.24, 2.45) is 5.73 Å². The molecule has 0 radical (unpaired) electrons. The molecule has 1 aromatic heterocycles. The molecule has 2 rings (SSSR count). The lowest BCUT2D eigenvalue weighted by Gasteiger charge is -2.40. The zero-order valence-corrected chi connectivity index (χ0v) is 11.0. The molecule has 0 saturated carbocycles. The molecule has 1 aliphatic heterocycles. The van der Waals surface area contributed by atoms with Crippen LogP contribution in [0.15, 0.2) is 22.8 Å². The molecule has 2 unspecified atom stereocenters. The number of amides is 1. The number of hydrogen-bond acceptors (Lipinski definition) is 3. The number of carbonyl (C=O) groups is 1. The molecular weight excluding hydrogens is 228 g/mol. The molecule has 1 aromatic rings. The fourth-order valence-electron chi connectivity index (χ4n) is 2.78. The molecule has 18 heavy (non-hydrogen) atoms. The number of aryl methyl sites for hydroxylation is 1. The first-order chi connectivity index (χ1) is 8.72. The van der Waals surface area contributed by atoms with Gasteiger partial charge in [0, 0.05) is 31.5 Å². The summed E-state index contributed by atoms with van der Waals surface area (Å²) < 4.78 is 5.26. The van der Waals surface area contributed by atoms with E-state index in [1.165, 1.54) is 6.42 Å². The minimum Gasteiger partial charge on any atom is -0.469 e. The molecule has 100 valence electrons. The van der Waals surface area contributed by atoms with E-state index in [0.717, 1.165) is 18.6 Å². The minimum absolute atomic E-state index is 0.203. The maximum absolute atomic E-state index is 12.3. The number of nitrogens with zero attached hydrogens (tertiary/aromatic N) is 1. The van der Waals surface area contributed by atoms with Crippen molar-refractivity contribution >= 4 is 5.91 Å². The van der Waals surface area contributed by atoms with Crippen molar-refractivity contribution < 1.29 is 9.21 Å². The second-order valence-electron chi connectivity index (χ2n) is 5.05.